The fourth-order valence-corrected chi connectivity index (χ4v) is 5.83. The zero-order valence-corrected chi connectivity index (χ0v) is 31.8. The number of rotatable bonds is 12. The molecule has 2 aromatic heterocycles. The van der Waals surface area contributed by atoms with E-state index in [1.54, 1.807) is 40.1 Å². The van der Waals surface area contributed by atoms with Crippen molar-refractivity contribution in [2.75, 3.05) is 75.5 Å². The third-order valence-corrected chi connectivity index (χ3v) is 9.01. The number of ketones is 2. The molecular formula is C40H42F4N8O7. The van der Waals surface area contributed by atoms with Crippen molar-refractivity contribution in [1.29, 1.82) is 0 Å². The quantitative estimate of drug-likeness (QED) is 0.156. The number of ether oxygens (including phenoxy) is 2. The van der Waals surface area contributed by atoms with Gasteiger partial charge in [0.25, 0.3) is 5.91 Å². The van der Waals surface area contributed by atoms with Gasteiger partial charge >= 0.3 is 18.5 Å². The molecule has 2 aliphatic rings. The van der Waals surface area contributed by atoms with Crippen molar-refractivity contribution in [3.63, 3.8) is 0 Å². The number of halogens is 4. The Morgan fingerprint density at radius 1 is 0.678 bits per heavy atom. The van der Waals surface area contributed by atoms with E-state index >= 15 is 0 Å². The van der Waals surface area contributed by atoms with Gasteiger partial charge in [0.05, 0.1) is 64.0 Å². The van der Waals surface area contributed by atoms with Gasteiger partial charge in [0.1, 0.15) is 11.6 Å². The van der Waals surface area contributed by atoms with E-state index in [9.17, 15) is 41.5 Å². The molecule has 0 aliphatic carbocycles. The number of aromatic nitrogens is 2. The third-order valence-electron chi connectivity index (χ3n) is 9.01. The lowest BCUT2D eigenvalue weighted by atomic mass is 10.1. The summed E-state index contributed by atoms with van der Waals surface area (Å²) in [5.41, 5.74) is 7.66. The molecule has 0 radical (unpaired) electrons. The van der Waals surface area contributed by atoms with Crippen LogP contribution in [0, 0.1) is 11.6 Å². The van der Waals surface area contributed by atoms with Crippen molar-refractivity contribution in [1.82, 2.24) is 25.1 Å². The summed E-state index contributed by atoms with van der Waals surface area (Å²) in [6.07, 6.45) is -0.538. The second-order valence-electron chi connectivity index (χ2n) is 13.0. The van der Waals surface area contributed by atoms with Crippen LogP contribution < -0.4 is 20.9 Å². The molecule has 0 bridgehead atoms. The number of hydrogen-bond acceptors (Lipinski definition) is 10. The Balaban J connectivity index is 0.000000227. The number of carbonyl (C=O) groups is 5. The van der Waals surface area contributed by atoms with Gasteiger partial charge in [-0.2, -0.15) is 8.78 Å². The van der Waals surface area contributed by atoms with Crippen molar-refractivity contribution in [2.24, 2.45) is 5.73 Å². The van der Waals surface area contributed by atoms with Crippen LogP contribution in [0.2, 0.25) is 0 Å². The molecule has 0 unspecified atom stereocenters. The molecular weight excluding hydrogens is 780 g/mol. The van der Waals surface area contributed by atoms with Crippen LogP contribution in [0.25, 0.3) is 0 Å². The molecule has 19 heteroatoms. The number of nitrogens with zero attached hydrogens (tertiary/aromatic N) is 6. The van der Waals surface area contributed by atoms with E-state index in [1.165, 1.54) is 64.7 Å². The lowest BCUT2D eigenvalue weighted by molar-refractivity contribution is -0.131. The summed E-state index contributed by atoms with van der Waals surface area (Å²) in [5, 5.41) is 1.83. The van der Waals surface area contributed by atoms with Gasteiger partial charge in [-0.25, -0.2) is 18.4 Å². The van der Waals surface area contributed by atoms with Crippen LogP contribution in [0.3, 0.4) is 0 Å². The van der Waals surface area contributed by atoms with Crippen LogP contribution in [-0.4, -0.2) is 121 Å². The Bertz CT molecular complexity index is 2070. The first-order chi connectivity index (χ1) is 28.4. The monoisotopic (exact) mass is 822 g/mol. The smallest absolute Gasteiger partial charge is 0.325 e. The summed E-state index contributed by atoms with van der Waals surface area (Å²) in [6, 6.07) is 17.1. The molecule has 2 fully saturated rings. The minimum Gasteiger partial charge on any atom is -0.378 e. The molecule has 6 rings (SSSR count). The number of carbonyl (C=O) groups excluding carboxylic acids is 5. The number of hydrogen-bond donors (Lipinski definition) is 2. The average Bonchev–Trinajstić information content (AvgIpc) is 3.27. The van der Waals surface area contributed by atoms with E-state index in [2.05, 4.69) is 9.97 Å². The SMILES string of the molecule is NCC(=O)c1ccc(CN(C(=O)N2CCOCC2)c2cccc(F)c2)nc1.O=C(CNC(=O)C(F)F)c1ccc(CN(C(=O)N2CCOCC2)c2cccc(F)c2)nc1. The van der Waals surface area contributed by atoms with Gasteiger partial charge in [0.2, 0.25) is 0 Å². The minimum absolute atomic E-state index is 0.0102. The topological polar surface area (TPSA) is 181 Å². The number of nitrogens with one attached hydrogen (secondary N) is 1. The van der Waals surface area contributed by atoms with E-state index in [0.29, 0.717) is 80.9 Å². The van der Waals surface area contributed by atoms with Crippen LogP contribution in [0.5, 0.6) is 0 Å². The van der Waals surface area contributed by atoms with E-state index in [-0.39, 0.29) is 43.0 Å². The molecule has 0 atom stereocenters. The molecule has 3 N–H and O–H groups in total. The minimum atomic E-state index is -3.21. The highest BCUT2D eigenvalue weighted by atomic mass is 19.3. The first kappa shape index (κ1) is 43.8. The molecule has 15 nitrogen and oxygen atoms in total. The predicted molar refractivity (Wildman–Crippen MR) is 206 cm³/mol. The van der Waals surface area contributed by atoms with Gasteiger partial charge in [-0.3, -0.25) is 34.2 Å². The maximum Gasteiger partial charge on any atom is 0.325 e. The second-order valence-corrected chi connectivity index (χ2v) is 13.0. The number of Topliss-reactive ketones (excluding diaryl/α,β-unsaturated/α-hetero) is 2. The van der Waals surface area contributed by atoms with Crippen LogP contribution in [0.4, 0.5) is 38.5 Å². The zero-order chi connectivity index (χ0) is 42.3. The zero-order valence-electron chi connectivity index (χ0n) is 31.8. The Labute approximate surface area is 336 Å². The molecule has 312 valence electrons. The highest BCUT2D eigenvalue weighted by Crippen LogP contribution is 2.22. The maximum absolute atomic E-state index is 13.8. The molecule has 2 aliphatic heterocycles. The Morgan fingerprint density at radius 3 is 1.49 bits per heavy atom. The summed E-state index contributed by atoms with van der Waals surface area (Å²) < 4.78 is 62.5. The van der Waals surface area contributed by atoms with Crippen molar-refractivity contribution in [2.45, 2.75) is 19.5 Å². The van der Waals surface area contributed by atoms with E-state index in [0.717, 1.165) is 0 Å². The molecule has 0 saturated carbocycles. The number of pyridine rings is 2. The summed E-state index contributed by atoms with van der Waals surface area (Å²) >= 11 is 0. The summed E-state index contributed by atoms with van der Waals surface area (Å²) in [4.78, 5) is 75.2. The number of alkyl halides is 2. The van der Waals surface area contributed by atoms with E-state index in [4.69, 9.17) is 15.2 Å². The van der Waals surface area contributed by atoms with Gasteiger partial charge in [0, 0.05) is 61.1 Å². The fourth-order valence-electron chi connectivity index (χ4n) is 5.83. The molecule has 59 heavy (non-hydrogen) atoms. The Kier molecular flexibility index (Phi) is 15.9. The standard InChI is InChI=1S/C21H21F3N4O4.C19H21FN4O3/c22-15-2-1-3-17(10-15)28(21(31)27-6-8-32-9-7-27)13-16-5-4-14(11-25-16)18(29)12-26-20(30)19(23)24;20-15-2-1-3-17(10-15)24(19(26)23-6-8-27-9-7-23)13-16-5-4-14(12-22-16)18(25)11-21/h1-5,10-11,19H,6-9,12-13H2,(H,26,30);1-5,10,12H,6-9,11,13,21H2. The lowest BCUT2D eigenvalue weighted by Gasteiger charge is -2.33. The van der Waals surface area contributed by atoms with Crippen molar-refractivity contribution < 1.29 is 51.0 Å². The summed E-state index contributed by atoms with van der Waals surface area (Å²) in [5.74, 6) is -3.26. The normalized spacial score (nSPS) is 13.9. The summed E-state index contributed by atoms with van der Waals surface area (Å²) in [7, 11) is 0. The molecule has 5 amide bonds. The number of morpholine rings is 2. The maximum atomic E-state index is 13.8. The lowest BCUT2D eigenvalue weighted by Crippen LogP contribution is -2.48. The predicted octanol–water partition coefficient (Wildman–Crippen LogP) is 4.06. The molecule has 4 heterocycles. The second kappa shape index (κ2) is 21.4. The first-order valence-electron chi connectivity index (χ1n) is 18.4. The Morgan fingerprint density at radius 2 is 1.12 bits per heavy atom. The average molecular weight is 823 g/mol. The number of benzene rings is 2. The number of nitrogens with two attached hydrogens (primary N) is 1. The molecule has 4 aromatic rings. The van der Waals surface area contributed by atoms with Crippen LogP contribution in [-0.2, 0) is 27.4 Å². The van der Waals surface area contributed by atoms with Crippen molar-refractivity contribution in [3.8, 4) is 0 Å². The third kappa shape index (κ3) is 12.6. The first-order valence-corrected chi connectivity index (χ1v) is 18.4. The van der Waals surface area contributed by atoms with Crippen molar-refractivity contribution >= 4 is 40.9 Å². The number of amides is 5. The van der Waals surface area contributed by atoms with E-state index < -0.39 is 36.3 Å². The number of urea groups is 2. The van der Waals surface area contributed by atoms with Gasteiger partial charge in [0.15, 0.2) is 11.6 Å². The molecule has 0 spiro atoms. The molecule has 2 saturated heterocycles. The van der Waals surface area contributed by atoms with Gasteiger partial charge in [-0.1, -0.05) is 12.1 Å². The van der Waals surface area contributed by atoms with Crippen LogP contribution in [0.15, 0.2) is 85.2 Å². The Hall–Kier alpha value is -6.31. The fraction of sp³-hybridized carbons (Fsp3) is 0.325. The number of anilines is 2. The highest BCUT2D eigenvalue weighted by molar-refractivity contribution is 5.99. The van der Waals surface area contributed by atoms with Gasteiger partial charge in [-0.05, 0) is 60.7 Å². The largest absolute Gasteiger partial charge is 0.378 e. The van der Waals surface area contributed by atoms with Gasteiger partial charge in [-0.15, -0.1) is 0 Å². The summed E-state index contributed by atoms with van der Waals surface area (Å²) in [6.45, 7) is 2.97. The van der Waals surface area contributed by atoms with Crippen molar-refractivity contribution in [3.05, 3.63) is 119 Å². The molecule has 2 aromatic carbocycles. The van der Waals surface area contributed by atoms with Crippen LogP contribution in [0.1, 0.15) is 32.1 Å². The van der Waals surface area contributed by atoms with Gasteiger partial charge < -0.3 is 30.3 Å². The van der Waals surface area contributed by atoms with E-state index in [1.807, 2.05) is 5.32 Å². The van der Waals surface area contributed by atoms with Crippen LogP contribution >= 0.6 is 0 Å². The highest BCUT2D eigenvalue weighted by Gasteiger charge is 2.27.